The zero-order chi connectivity index (χ0) is 20.2. The zero-order valence-corrected chi connectivity index (χ0v) is 16.4. The first-order valence-corrected chi connectivity index (χ1v) is 9.45. The van der Waals surface area contributed by atoms with Crippen molar-refractivity contribution < 1.29 is 4.42 Å². The number of anilines is 2. The smallest absolute Gasteiger partial charge is 0.336 e. The van der Waals surface area contributed by atoms with Gasteiger partial charge in [-0.2, -0.15) is 0 Å². The standard InChI is InChI=1S/C25H22N2O2/c1-26(20-11-5-3-6-12-20)24(27(2)21-13-7-4-8-14-21)17-19-18-25(28)29-23-16-10-9-15-22(19)23/h3-18H,1-2H3. The lowest BCUT2D eigenvalue weighted by molar-refractivity contribution is 0.560. The van der Waals surface area contributed by atoms with Crippen molar-refractivity contribution in [3.8, 4) is 0 Å². The fourth-order valence-corrected chi connectivity index (χ4v) is 3.38. The molecule has 0 saturated heterocycles. The Labute approximate surface area is 169 Å². The minimum atomic E-state index is -0.362. The summed E-state index contributed by atoms with van der Waals surface area (Å²) in [5, 5.41) is 0.896. The molecule has 29 heavy (non-hydrogen) atoms. The summed E-state index contributed by atoms with van der Waals surface area (Å²) < 4.78 is 5.36. The summed E-state index contributed by atoms with van der Waals surface area (Å²) in [5.74, 6) is 0.929. The third kappa shape index (κ3) is 3.92. The van der Waals surface area contributed by atoms with E-state index in [4.69, 9.17) is 4.42 Å². The average Bonchev–Trinajstić information content (AvgIpc) is 2.77. The van der Waals surface area contributed by atoms with Crippen LogP contribution in [0.1, 0.15) is 5.56 Å². The van der Waals surface area contributed by atoms with E-state index in [9.17, 15) is 4.79 Å². The zero-order valence-electron chi connectivity index (χ0n) is 16.4. The lowest BCUT2D eigenvalue weighted by atomic mass is 10.1. The quantitative estimate of drug-likeness (QED) is 0.435. The van der Waals surface area contributed by atoms with Gasteiger partial charge in [-0.25, -0.2) is 4.79 Å². The summed E-state index contributed by atoms with van der Waals surface area (Å²) in [5.41, 5.74) is 3.13. The molecular formula is C25H22N2O2. The first kappa shape index (κ1) is 18.6. The Kier molecular flexibility index (Phi) is 5.16. The Morgan fingerprint density at radius 3 is 1.86 bits per heavy atom. The van der Waals surface area contributed by atoms with Crippen molar-refractivity contribution in [3.05, 3.63) is 113 Å². The van der Waals surface area contributed by atoms with E-state index in [1.165, 1.54) is 0 Å². The van der Waals surface area contributed by atoms with Gasteiger partial charge in [-0.05, 0) is 42.0 Å². The SMILES string of the molecule is CN(C(=Cc1cc(=O)oc2ccccc12)N(C)c1ccccc1)c1ccccc1. The average molecular weight is 382 g/mol. The summed E-state index contributed by atoms with van der Waals surface area (Å²) in [6, 6.07) is 29.4. The summed E-state index contributed by atoms with van der Waals surface area (Å²) in [6.45, 7) is 0. The van der Waals surface area contributed by atoms with Crippen LogP contribution in [-0.4, -0.2) is 14.1 Å². The summed E-state index contributed by atoms with van der Waals surface area (Å²) in [7, 11) is 4.04. The number of benzene rings is 3. The summed E-state index contributed by atoms with van der Waals surface area (Å²) in [6.07, 6.45) is 2.03. The Morgan fingerprint density at radius 1 is 0.759 bits per heavy atom. The molecule has 4 rings (SSSR count). The maximum Gasteiger partial charge on any atom is 0.336 e. The Bertz CT molecular complexity index is 1150. The van der Waals surface area contributed by atoms with E-state index < -0.39 is 0 Å². The maximum atomic E-state index is 12.1. The van der Waals surface area contributed by atoms with Gasteiger partial charge < -0.3 is 14.2 Å². The molecule has 0 spiro atoms. The first-order chi connectivity index (χ1) is 14.1. The van der Waals surface area contributed by atoms with Gasteiger partial charge in [0.05, 0.1) is 0 Å². The molecule has 0 N–H and O–H groups in total. The Hall–Kier alpha value is -3.79. The number of fused-ring (bicyclic) bond motifs is 1. The van der Waals surface area contributed by atoms with Crippen LogP contribution in [0.5, 0.6) is 0 Å². The van der Waals surface area contributed by atoms with Crippen LogP contribution >= 0.6 is 0 Å². The van der Waals surface area contributed by atoms with Crippen molar-refractivity contribution >= 4 is 28.4 Å². The molecule has 0 aliphatic carbocycles. The molecule has 1 heterocycles. The van der Waals surface area contributed by atoms with E-state index in [-0.39, 0.29) is 5.63 Å². The fraction of sp³-hybridized carbons (Fsp3) is 0.0800. The maximum absolute atomic E-state index is 12.1. The highest BCUT2D eigenvalue weighted by molar-refractivity contribution is 5.87. The minimum Gasteiger partial charge on any atom is -0.423 e. The molecule has 0 atom stereocenters. The van der Waals surface area contributed by atoms with Gasteiger partial charge >= 0.3 is 5.63 Å². The second kappa shape index (κ2) is 8.07. The molecule has 0 bridgehead atoms. The van der Waals surface area contributed by atoms with Gasteiger partial charge in [-0.3, -0.25) is 0 Å². The summed E-state index contributed by atoms with van der Waals surface area (Å²) in [4.78, 5) is 16.4. The van der Waals surface area contributed by atoms with Crippen LogP contribution in [0.2, 0.25) is 0 Å². The minimum absolute atomic E-state index is 0.362. The Balaban J connectivity index is 1.90. The summed E-state index contributed by atoms with van der Waals surface area (Å²) >= 11 is 0. The highest BCUT2D eigenvalue weighted by atomic mass is 16.4. The number of hydrogen-bond acceptors (Lipinski definition) is 4. The molecule has 0 fully saturated rings. The molecule has 0 aliphatic heterocycles. The van der Waals surface area contributed by atoms with Crippen LogP contribution in [0.15, 0.2) is 106 Å². The van der Waals surface area contributed by atoms with Gasteiger partial charge in [-0.15, -0.1) is 0 Å². The molecule has 4 aromatic rings. The van der Waals surface area contributed by atoms with E-state index in [0.29, 0.717) is 5.58 Å². The van der Waals surface area contributed by atoms with Crippen molar-refractivity contribution in [3.63, 3.8) is 0 Å². The second-order valence-electron chi connectivity index (χ2n) is 6.81. The highest BCUT2D eigenvalue weighted by Gasteiger charge is 2.15. The predicted molar refractivity (Wildman–Crippen MR) is 120 cm³/mol. The molecule has 4 nitrogen and oxygen atoms in total. The third-order valence-electron chi connectivity index (χ3n) is 4.94. The molecule has 0 saturated carbocycles. The fourth-order valence-electron chi connectivity index (χ4n) is 3.38. The number of nitrogens with zero attached hydrogens (tertiary/aromatic N) is 2. The van der Waals surface area contributed by atoms with E-state index in [1.54, 1.807) is 6.07 Å². The molecule has 144 valence electrons. The van der Waals surface area contributed by atoms with Gasteiger partial charge in [0.2, 0.25) is 0 Å². The molecule has 0 amide bonds. The lowest BCUT2D eigenvalue weighted by Crippen LogP contribution is -2.30. The monoisotopic (exact) mass is 382 g/mol. The van der Waals surface area contributed by atoms with Crippen molar-refractivity contribution in [2.75, 3.05) is 23.9 Å². The van der Waals surface area contributed by atoms with E-state index >= 15 is 0 Å². The first-order valence-electron chi connectivity index (χ1n) is 9.45. The van der Waals surface area contributed by atoms with Gasteiger partial charge in [0, 0.05) is 36.9 Å². The topological polar surface area (TPSA) is 36.7 Å². The van der Waals surface area contributed by atoms with Crippen LogP contribution in [0.4, 0.5) is 11.4 Å². The van der Waals surface area contributed by atoms with Crippen LogP contribution in [-0.2, 0) is 0 Å². The largest absolute Gasteiger partial charge is 0.423 e. The van der Waals surface area contributed by atoms with Crippen molar-refractivity contribution in [2.45, 2.75) is 0 Å². The molecule has 4 heteroatoms. The van der Waals surface area contributed by atoms with Gasteiger partial charge in [0.25, 0.3) is 0 Å². The van der Waals surface area contributed by atoms with Gasteiger partial charge in [0.1, 0.15) is 11.4 Å². The van der Waals surface area contributed by atoms with E-state index in [0.717, 1.165) is 28.1 Å². The van der Waals surface area contributed by atoms with Gasteiger partial charge in [-0.1, -0.05) is 54.6 Å². The number of para-hydroxylation sites is 3. The Morgan fingerprint density at radius 2 is 1.28 bits per heavy atom. The molecule has 3 aromatic carbocycles. The second-order valence-corrected chi connectivity index (χ2v) is 6.81. The van der Waals surface area contributed by atoms with E-state index in [2.05, 4.69) is 34.1 Å². The molecule has 1 aromatic heterocycles. The molecular weight excluding hydrogens is 360 g/mol. The number of rotatable bonds is 5. The van der Waals surface area contributed by atoms with Crippen LogP contribution in [0.25, 0.3) is 17.0 Å². The number of hydrogen-bond donors (Lipinski definition) is 0. The molecule has 0 radical (unpaired) electrons. The van der Waals surface area contributed by atoms with Crippen molar-refractivity contribution in [2.24, 2.45) is 0 Å². The molecule has 0 unspecified atom stereocenters. The van der Waals surface area contributed by atoms with Crippen LogP contribution in [0.3, 0.4) is 0 Å². The van der Waals surface area contributed by atoms with Crippen molar-refractivity contribution in [1.29, 1.82) is 0 Å². The third-order valence-corrected chi connectivity index (χ3v) is 4.94. The predicted octanol–water partition coefficient (Wildman–Crippen LogP) is 5.36. The van der Waals surface area contributed by atoms with E-state index in [1.807, 2.05) is 80.8 Å². The molecule has 0 aliphatic rings. The lowest BCUT2D eigenvalue weighted by Gasteiger charge is -2.31. The highest BCUT2D eigenvalue weighted by Crippen LogP contribution is 2.27. The van der Waals surface area contributed by atoms with Crippen LogP contribution in [0, 0.1) is 0 Å². The van der Waals surface area contributed by atoms with Gasteiger partial charge in [0.15, 0.2) is 0 Å². The normalized spacial score (nSPS) is 10.6. The van der Waals surface area contributed by atoms with Crippen molar-refractivity contribution in [1.82, 2.24) is 0 Å². The van der Waals surface area contributed by atoms with Crippen LogP contribution < -0.4 is 15.4 Å².